The van der Waals surface area contributed by atoms with Crippen molar-refractivity contribution in [2.24, 2.45) is 0 Å². The average Bonchev–Trinajstić information content (AvgIpc) is 2.34. The number of hydrogen-bond donors (Lipinski definition) is 2. The number of ether oxygens (including phenoxy) is 1. The zero-order valence-electron chi connectivity index (χ0n) is 11.9. The summed E-state index contributed by atoms with van der Waals surface area (Å²) in [6.45, 7) is 6.83. The molecular weight excluding hydrogens is 282 g/mol. The van der Waals surface area contributed by atoms with Crippen LogP contribution >= 0.6 is 11.6 Å². The van der Waals surface area contributed by atoms with Crippen molar-refractivity contribution in [3.8, 4) is 6.01 Å². The van der Waals surface area contributed by atoms with E-state index in [9.17, 15) is 4.79 Å². The molecule has 0 atom stereocenters. The molecule has 2 N–H and O–H groups in total. The topological polar surface area (TPSA) is 89.0 Å². The van der Waals surface area contributed by atoms with E-state index < -0.39 is 0 Å². The summed E-state index contributed by atoms with van der Waals surface area (Å²) in [5.41, 5.74) is 0. The predicted molar refractivity (Wildman–Crippen MR) is 77.0 cm³/mol. The second kappa shape index (κ2) is 8.52. The molecule has 1 heterocycles. The summed E-state index contributed by atoms with van der Waals surface area (Å²) in [4.78, 5) is 23.3. The normalized spacial score (nSPS) is 10.4. The lowest BCUT2D eigenvalue weighted by molar-refractivity contribution is -0.120. The number of halogens is 1. The van der Waals surface area contributed by atoms with Crippen LogP contribution in [0.2, 0.25) is 5.28 Å². The molecule has 1 rings (SSSR count). The molecule has 0 bridgehead atoms. The summed E-state index contributed by atoms with van der Waals surface area (Å²) >= 11 is 5.78. The third kappa shape index (κ3) is 6.51. The fraction of sp³-hybridized carbons (Fsp3) is 0.667. The summed E-state index contributed by atoms with van der Waals surface area (Å²) in [6, 6.07) is 0.165. The molecule has 1 aromatic rings. The van der Waals surface area contributed by atoms with E-state index in [-0.39, 0.29) is 23.3 Å². The summed E-state index contributed by atoms with van der Waals surface area (Å²) in [5, 5.41) is 5.75. The van der Waals surface area contributed by atoms with Gasteiger partial charge in [0.1, 0.15) is 0 Å². The number of rotatable bonds is 8. The van der Waals surface area contributed by atoms with Crippen molar-refractivity contribution in [2.75, 3.05) is 18.4 Å². The Labute approximate surface area is 123 Å². The summed E-state index contributed by atoms with van der Waals surface area (Å²) in [6.07, 6.45) is 1.20. The summed E-state index contributed by atoms with van der Waals surface area (Å²) in [7, 11) is 0. The lowest BCUT2D eigenvalue weighted by Gasteiger charge is -2.09. The molecule has 0 aromatic carbocycles. The number of amides is 1. The first-order valence-corrected chi connectivity index (χ1v) is 6.98. The second-order valence-corrected chi connectivity index (χ2v) is 4.74. The Bertz CT molecular complexity index is 442. The van der Waals surface area contributed by atoms with Crippen molar-refractivity contribution < 1.29 is 9.53 Å². The van der Waals surface area contributed by atoms with E-state index in [1.807, 2.05) is 20.8 Å². The third-order valence-corrected chi connectivity index (χ3v) is 2.31. The molecular formula is C12H20ClN5O2. The Morgan fingerprint density at radius 2 is 2.05 bits per heavy atom. The Hall–Kier alpha value is -1.63. The molecule has 1 aromatic heterocycles. The van der Waals surface area contributed by atoms with Gasteiger partial charge in [-0.05, 0) is 31.9 Å². The van der Waals surface area contributed by atoms with Gasteiger partial charge in [-0.15, -0.1) is 0 Å². The van der Waals surface area contributed by atoms with E-state index in [0.29, 0.717) is 25.5 Å². The van der Waals surface area contributed by atoms with E-state index in [2.05, 4.69) is 25.6 Å². The third-order valence-electron chi connectivity index (χ3n) is 2.14. The Balaban J connectivity index is 2.47. The molecule has 0 unspecified atom stereocenters. The highest BCUT2D eigenvalue weighted by Crippen LogP contribution is 2.12. The van der Waals surface area contributed by atoms with E-state index in [1.165, 1.54) is 0 Å². The zero-order valence-corrected chi connectivity index (χ0v) is 12.7. The molecule has 0 saturated carbocycles. The molecule has 0 aliphatic heterocycles. The van der Waals surface area contributed by atoms with Crippen LogP contribution in [0.1, 0.15) is 33.6 Å². The van der Waals surface area contributed by atoms with Crippen molar-refractivity contribution in [1.29, 1.82) is 0 Å². The van der Waals surface area contributed by atoms with Crippen LogP contribution in [0, 0.1) is 0 Å². The van der Waals surface area contributed by atoms with Gasteiger partial charge in [0.25, 0.3) is 0 Å². The van der Waals surface area contributed by atoms with E-state index in [1.54, 1.807) is 0 Å². The van der Waals surface area contributed by atoms with Crippen LogP contribution in [0.15, 0.2) is 0 Å². The van der Waals surface area contributed by atoms with E-state index in [0.717, 1.165) is 6.42 Å². The monoisotopic (exact) mass is 301 g/mol. The van der Waals surface area contributed by atoms with Crippen molar-refractivity contribution in [1.82, 2.24) is 20.3 Å². The molecule has 1 amide bonds. The standard InChI is InChI=1S/C12H20ClN5O2/c1-4-6-14-9(19)5-7-15-11-16-10(13)17-12(18-11)20-8(2)3/h8H,4-7H2,1-3H3,(H,14,19)(H,15,16,17,18). The fourth-order valence-electron chi connectivity index (χ4n) is 1.32. The smallest absolute Gasteiger partial charge is 0.322 e. The number of carbonyl (C=O) groups is 1. The highest BCUT2D eigenvalue weighted by Gasteiger charge is 2.08. The summed E-state index contributed by atoms with van der Waals surface area (Å²) < 4.78 is 5.35. The van der Waals surface area contributed by atoms with Gasteiger partial charge in [0.15, 0.2) is 0 Å². The maximum absolute atomic E-state index is 11.4. The Morgan fingerprint density at radius 3 is 2.70 bits per heavy atom. The SMILES string of the molecule is CCCNC(=O)CCNc1nc(Cl)nc(OC(C)C)n1. The lowest BCUT2D eigenvalue weighted by Crippen LogP contribution is -2.26. The zero-order chi connectivity index (χ0) is 15.0. The lowest BCUT2D eigenvalue weighted by atomic mass is 10.4. The maximum atomic E-state index is 11.4. The van der Waals surface area contributed by atoms with Crippen LogP contribution in [0.25, 0.3) is 0 Å². The molecule has 0 aliphatic carbocycles. The first-order chi connectivity index (χ1) is 9.51. The van der Waals surface area contributed by atoms with Gasteiger partial charge in [0, 0.05) is 19.5 Å². The highest BCUT2D eigenvalue weighted by atomic mass is 35.5. The van der Waals surface area contributed by atoms with Crippen molar-refractivity contribution in [2.45, 2.75) is 39.7 Å². The average molecular weight is 302 g/mol. The van der Waals surface area contributed by atoms with Gasteiger partial charge in [-0.1, -0.05) is 6.92 Å². The Kier molecular flexibility index (Phi) is 7.00. The van der Waals surface area contributed by atoms with Gasteiger partial charge >= 0.3 is 6.01 Å². The number of anilines is 1. The van der Waals surface area contributed by atoms with Crippen molar-refractivity contribution >= 4 is 23.5 Å². The molecule has 0 saturated heterocycles. The first-order valence-electron chi connectivity index (χ1n) is 6.60. The molecule has 8 heteroatoms. The molecule has 0 aliphatic rings. The molecule has 112 valence electrons. The second-order valence-electron chi connectivity index (χ2n) is 4.40. The Morgan fingerprint density at radius 1 is 1.30 bits per heavy atom. The number of nitrogens with one attached hydrogen (secondary N) is 2. The van der Waals surface area contributed by atoms with Crippen molar-refractivity contribution in [3.05, 3.63) is 5.28 Å². The fourth-order valence-corrected chi connectivity index (χ4v) is 1.47. The number of hydrogen-bond acceptors (Lipinski definition) is 6. The molecule has 0 spiro atoms. The number of carbonyl (C=O) groups excluding carboxylic acids is 1. The van der Waals surface area contributed by atoms with Gasteiger partial charge in [-0.25, -0.2) is 0 Å². The largest absolute Gasteiger partial charge is 0.461 e. The number of aromatic nitrogens is 3. The van der Waals surface area contributed by atoms with Crippen LogP contribution in [0.4, 0.5) is 5.95 Å². The number of nitrogens with zero attached hydrogens (tertiary/aromatic N) is 3. The van der Waals surface area contributed by atoms with Crippen LogP contribution in [-0.2, 0) is 4.79 Å². The highest BCUT2D eigenvalue weighted by molar-refractivity contribution is 6.28. The van der Waals surface area contributed by atoms with Gasteiger partial charge in [0.2, 0.25) is 17.1 Å². The minimum absolute atomic E-state index is 0.0156. The van der Waals surface area contributed by atoms with Crippen molar-refractivity contribution in [3.63, 3.8) is 0 Å². The van der Waals surface area contributed by atoms with Crippen LogP contribution in [0.3, 0.4) is 0 Å². The van der Waals surface area contributed by atoms with E-state index in [4.69, 9.17) is 16.3 Å². The quantitative estimate of drug-likeness (QED) is 0.759. The van der Waals surface area contributed by atoms with Gasteiger partial charge in [-0.3, -0.25) is 4.79 Å². The van der Waals surface area contributed by atoms with Crippen LogP contribution in [-0.4, -0.2) is 40.1 Å². The molecule has 7 nitrogen and oxygen atoms in total. The molecule has 0 fully saturated rings. The van der Waals surface area contributed by atoms with Gasteiger partial charge < -0.3 is 15.4 Å². The molecule has 0 radical (unpaired) electrons. The first kappa shape index (κ1) is 16.4. The molecule has 20 heavy (non-hydrogen) atoms. The van der Waals surface area contributed by atoms with Crippen LogP contribution < -0.4 is 15.4 Å². The summed E-state index contributed by atoms with van der Waals surface area (Å²) in [5.74, 6) is 0.280. The minimum Gasteiger partial charge on any atom is -0.461 e. The maximum Gasteiger partial charge on any atom is 0.322 e. The van der Waals surface area contributed by atoms with Crippen LogP contribution in [0.5, 0.6) is 6.01 Å². The van der Waals surface area contributed by atoms with Gasteiger partial charge in [-0.2, -0.15) is 15.0 Å². The minimum atomic E-state index is -0.0545. The van der Waals surface area contributed by atoms with Gasteiger partial charge in [0.05, 0.1) is 6.10 Å². The van der Waals surface area contributed by atoms with E-state index >= 15 is 0 Å². The predicted octanol–water partition coefficient (Wildman–Crippen LogP) is 1.64.